The van der Waals surface area contributed by atoms with Crippen molar-refractivity contribution in [1.29, 1.82) is 0 Å². The van der Waals surface area contributed by atoms with Gasteiger partial charge in [0.2, 0.25) is 10.0 Å². The summed E-state index contributed by atoms with van der Waals surface area (Å²) in [6.07, 6.45) is 3.23. The average Bonchev–Trinajstić information content (AvgIpc) is 2.82. The Kier molecular flexibility index (Phi) is 3.64. The van der Waals surface area contributed by atoms with Crippen molar-refractivity contribution in [2.45, 2.75) is 25.3 Å². The zero-order chi connectivity index (χ0) is 14.0. The summed E-state index contributed by atoms with van der Waals surface area (Å²) >= 11 is 0. The molecule has 2 rings (SSSR count). The van der Waals surface area contributed by atoms with Gasteiger partial charge in [-0.1, -0.05) is 0 Å². The number of anilines is 1. The topological polar surface area (TPSA) is 85.3 Å². The third-order valence-corrected chi connectivity index (χ3v) is 3.93. The third-order valence-electron chi connectivity index (χ3n) is 3.03. The number of rotatable bonds is 4. The van der Waals surface area contributed by atoms with Gasteiger partial charge in [0.05, 0.1) is 17.4 Å². The highest BCUT2D eigenvalue weighted by Gasteiger charge is 2.12. The number of benzene rings is 1. The van der Waals surface area contributed by atoms with Gasteiger partial charge >= 0.3 is 0 Å². The molecule has 2 aromatic rings. The van der Waals surface area contributed by atoms with Crippen LogP contribution in [0.2, 0.25) is 0 Å². The lowest BCUT2D eigenvalue weighted by Crippen LogP contribution is -2.13. The lowest BCUT2D eigenvalue weighted by atomic mass is 10.1. The maximum absolute atomic E-state index is 11.4. The van der Waals surface area contributed by atoms with Crippen molar-refractivity contribution in [3.63, 3.8) is 0 Å². The largest absolute Gasteiger partial charge is 0.472 e. The van der Waals surface area contributed by atoms with Crippen molar-refractivity contribution in [3.05, 3.63) is 47.4 Å². The molecule has 1 aromatic carbocycles. The maximum atomic E-state index is 11.4. The molecular weight excluding hydrogens is 264 g/mol. The number of aryl methyl sites for hydroxylation is 1. The second-order valence-electron chi connectivity index (χ2n) is 4.44. The van der Waals surface area contributed by atoms with Gasteiger partial charge in [0.15, 0.2) is 0 Å². The zero-order valence-electron chi connectivity index (χ0n) is 10.8. The molecule has 1 aromatic heterocycles. The van der Waals surface area contributed by atoms with Gasteiger partial charge in [-0.2, -0.15) is 0 Å². The minimum atomic E-state index is -3.70. The van der Waals surface area contributed by atoms with Crippen molar-refractivity contribution in [1.82, 2.24) is 0 Å². The summed E-state index contributed by atoms with van der Waals surface area (Å²) in [6, 6.07) is 4.98. The van der Waals surface area contributed by atoms with Gasteiger partial charge < -0.3 is 9.73 Å². The Balaban J connectivity index is 2.31. The third kappa shape index (κ3) is 3.15. The van der Waals surface area contributed by atoms with E-state index in [0.717, 1.165) is 22.4 Å². The fraction of sp³-hybridized carbons (Fsp3) is 0.231. The van der Waals surface area contributed by atoms with Gasteiger partial charge in [0.1, 0.15) is 0 Å². The van der Waals surface area contributed by atoms with Gasteiger partial charge in [0.25, 0.3) is 0 Å². The van der Waals surface area contributed by atoms with Crippen LogP contribution in [0.5, 0.6) is 0 Å². The van der Waals surface area contributed by atoms with Crippen molar-refractivity contribution >= 4 is 15.7 Å². The number of nitrogens with one attached hydrogen (secondary N) is 1. The lowest BCUT2D eigenvalue weighted by molar-refractivity contribution is 0.564. The van der Waals surface area contributed by atoms with Gasteiger partial charge in [-0.05, 0) is 43.2 Å². The molecule has 6 heteroatoms. The molecule has 102 valence electrons. The maximum Gasteiger partial charge on any atom is 0.238 e. The molecule has 0 aliphatic rings. The van der Waals surface area contributed by atoms with E-state index in [0.29, 0.717) is 6.54 Å². The number of furan rings is 1. The minimum Gasteiger partial charge on any atom is -0.472 e. The summed E-state index contributed by atoms with van der Waals surface area (Å²) < 4.78 is 27.8. The second kappa shape index (κ2) is 5.07. The monoisotopic (exact) mass is 280 g/mol. The smallest absolute Gasteiger partial charge is 0.238 e. The van der Waals surface area contributed by atoms with E-state index in [1.54, 1.807) is 24.7 Å². The Hall–Kier alpha value is -1.79. The summed E-state index contributed by atoms with van der Waals surface area (Å²) in [5.41, 5.74) is 3.61. The van der Waals surface area contributed by atoms with Crippen LogP contribution >= 0.6 is 0 Å². The molecule has 0 spiro atoms. The standard InChI is InChI=1S/C13H16N2O3S/c1-9-5-12(19(14,16)17)6-13(10(9)2)15-7-11-3-4-18-8-11/h3-6,8,15H,7H2,1-2H3,(H2,14,16,17). The first-order chi connectivity index (χ1) is 8.88. The summed E-state index contributed by atoms with van der Waals surface area (Å²) in [4.78, 5) is 0.116. The van der Waals surface area contributed by atoms with Crippen LogP contribution in [0.3, 0.4) is 0 Å². The van der Waals surface area contributed by atoms with Crippen LogP contribution in [0.25, 0.3) is 0 Å². The highest BCUT2D eigenvalue weighted by Crippen LogP contribution is 2.24. The molecule has 0 unspecified atom stereocenters. The summed E-state index contributed by atoms with van der Waals surface area (Å²) in [5.74, 6) is 0. The van der Waals surface area contributed by atoms with E-state index in [1.807, 2.05) is 19.9 Å². The zero-order valence-corrected chi connectivity index (χ0v) is 11.6. The van der Waals surface area contributed by atoms with Crippen LogP contribution in [0.15, 0.2) is 40.0 Å². The molecule has 0 amide bonds. The molecule has 0 saturated carbocycles. The van der Waals surface area contributed by atoms with Crippen LogP contribution in [-0.4, -0.2) is 8.42 Å². The Bertz CT molecular complexity index is 676. The van der Waals surface area contributed by atoms with Crippen molar-refractivity contribution < 1.29 is 12.8 Å². The van der Waals surface area contributed by atoms with E-state index in [4.69, 9.17) is 9.56 Å². The SMILES string of the molecule is Cc1cc(S(N)(=O)=O)cc(NCc2ccoc2)c1C. The molecule has 0 aliphatic carbocycles. The fourth-order valence-electron chi connectivity index (χ4n) is 1.76. The summed E-state index contributed by atoms with van der Waals surface area (Å²) in [6.45, 7) is 4.35. The molecule has 19 heavy (non-hydrogen) atoms. The number of sulfonamides is 1. The summed E-state index contributed by atoms with van der Waals surface area (Å²) in [5, 5.41) is 8.35. The Labute approximate surface area is 112 Å². The van der Waals surface area contributed by atoms with Crippen molar-refractivity contribution in [2.24, 2.45) is 5.14 Å². The van der Waals surface area contributed by atoms with E-state index >= 15 is 0 Å². The molecule has 0 bridgehead atoms. The lowest BCUT2D eigenvalue weighted by Gasteiger charge is -2.13. The number of nitrogens with two attached hydrogens (primary N) is 1. The van der Waals surface area contributed by atoms with Crippen molar-refractivity contribution in [3.8, 4) is 0 Å². The molecule has 1 heterocycles. The van der Waals surface area contributed by atoms with Crippen molar-refractivity contribution in [2.75, 3.05) is 5.32 Å². The van der Waals surface area contributed by atoms with Crippen LogP contribution in [0.1, 0.15) is 16.7 Å². The highest BCUT2D eigenvalue weighted by molar-refractivity contribution is 7.89. The van der Waals surface area contributed by atoms with Crippen LogP contribution in [-0.2, 0) is 16.6 Å². The predicted molar refractivity (Wildman–Crippen MR) is 73.3 cm³/mol. The van der Waals surface area contributed by atoms with Crippen LogP contribution in [0, 0.1) is 13.8 Å². The highest BCUT2D eigenvalue weighted by atomic mass is 32.2. The molecule has 3 N–H and O–H groups in total. The number of hydrogen-bond acceptors (Lipinski definition) is 4. The molecular formula is C13H16N2O3S. The van der Waals surface area contributed by atoms with Crippen LogP contribution in [0.4, 0.5) is 5.69 Å². The Morgan fingerprint density at radius 3 is 2.63 bits per heavy atom. The van der Waals surface area contributed by atoms with Gasteiger partial charge in [0, 0.05) is 17.8 Å². The average molecular weight is 280 g/mol. The summed E-state index contributed by atoms with van der Waals surface area (Å²) in [7, 11) is -3.70. The van der Waals surface area contributed by atoms with E-state index < -0.39 is 10.0 Å². The fourth-order valence-corrected chi connectivity index (χ4v) is 2.39. The molecule has 0 atom stereocenters. The Morgan fingerprint density at radius 2 is 2.05 bits per heavy atom. The van der Waals surface area contributed by atoms with Gasteiger partial charge in [-0.25, -0.2) is 13.6 Å². The Morgan fingerprint density at radius 1 is 1.32 bits per heavy atom. The second-order valence-corrected chi connectivity index (χ2v) is 6.00. The van der Waals surface area contributed by atoms with E-state index in [2.05, 4.69) is 5.32 Å². The van der Waals surface area contributed by atoms with Gasteiger partial charge in [-0.15, -0.1) is 0 Å². The van der Waals surface area contributed by atoms with Gasteiger partial charge in [-0.3, -0.25) is 0 Å². The predicted octanol–water partition coefficient (Wildman–Crippen LogP) is 2.16. The van der Waals surface area contributed by atoms with E-state index in [1.165, 1.54) is 0 Å². The van der Waals surface area contributed by atoms with E-state index in [9.17, 15) is 8.42 Å². The van der Waals surface area contributed by atoms with Crippen LogP contribution < -0.4 is 10.5 Å². The molecule has 0 saturated heterocycles. The number of hydrogen-bond donors (Lipinski definition) is 2. The minimum absolute atomic E-state index is 0.116. The first-order valence-corrected chi connectivity index (χ1v) is 7.31. The molecule has 0 radical (unpaired) electrons. The molecule has 5 nitrogen and oxygen atoms in total. The quantitative estimate of drug-likeness (QED) is 0.898. The van der Waals surface area contributed by atoms with E-state index in [-0.39, 0.29) is 4.90 Å². The first kappa shape index (κ1) is 13.6. The first-order valence-electron chi connectivity index (χ1n) is 5.77. The molecule has 0 fully saturated rings. The normalized spacial score (nSPS) is 11.5. The molecule has 0 aliphatic heterocycles. The number of primary sulfonamides is 1.